The maximum atomic E-state index is 5.62. The lowest BCUT2D eigenvalue weighted by Crippen LogP contribution is -2.38. The van der Waals surface area contributed by atoms with Crippen LogP contribution in [0.2, 0.25) is 0 Å². The van der Waals surface area contributed by atoms with Crippen LogP contribution in [0.3, 0.4) is 0 Å². The minimum atomic E-state index is 0.448. The van der Waals surface area contributed by atoms with Crippen molar-refractivity contribution in [2.45, 2.75) is 64.4 Å². The standard InChI is InChI=1S/C14H29NOS/c1-5-8-15-13(11(3)6-2)10-17-14-7-9-16-12(14)4/h11-15H,5-10H2,1-4H3. The lowest BCUT2D eigenvalue weighted by molar-refractivity contribution is 0.127. The van der Waals surface area contributed by atoms with E-state index in [2.05, 4.69) is 44.8 Å². The molecule has 0 amide bonds. The summed E-state index contributed by atoms with van der Waals surface area (Å²) in [7, 11) is 0. The molecule has 0 aromatic heterocycles. The number of hydrogen-bond donors (Lipinski definition) is 1. The Morgan fingerprint density at radius 2 is 2.18 bits per heavy atom. The smallest absolute Gasteiger partial charge is 0.0666 e. The van der Waals surface area contributed by atoms with Gasteiger partial charge in [0.1, 0.15) is 0 Å². The molecular formula is C14H29NOS. The molecule has 3 heteroatoms. The SMILES string of the molecule is CCCNC(CSC1CCOC1C)C(C)CC. The molecule has 0 aliphatic carbocycles. The minimum absolute atomic E-state index is 0.448. The Hall–Kier alpha value is 0.270. The van der Waals surface area contributed by atoms with E-state index in [0.29, 0.717) is 17.4 Å². The van der Waals surface area contributed by atoms with Crippen LogP contribution in [-0.4, -0.2) is 36.3 Å². The third kappa shape index (κ3) is 5.19. The van der Waals surface area contributed by atoms with Gasteiger partial charge in [0.05, 0.1) is 6.10 Å². The van der Waals surface area contributed by atoms with Crippen molar-refractivity contribution in [1.82, 2.24) is 5.32 Å². The fourth-order valence-corrected chi connectivity index (χ4v) is 3.71. The van der Waals surface area contributed by atoms with Gasteiger partial charge in [-0.05, 0) is 32.2 Å². The fraction of sp³-hybridized carbons (Fsp3) is 1.00. The van der Waals surface area contributed by atoms with Crippen LogP contribution in [0.1, 0.15) is 47.0 Å². The first-order valence-corrected chi connectivity index (χ1v) is 8.20. The summed E-state index contributed by atoms with van der Waals surface area (Å²) in [6.45, 7) is 11.2. The normalized spacial score (nSPS) is 28.2. The molecule has 1 aliphatic rings. The van der Waals surface area contributed by atoms with Gasteiger partial charge in [-0.2, -0.15) is 11.8 Å². The lowest BCUT2D eigenvalue weighted by atomic mass is 10.0. The van der Waals surface area contributed by atoms with Crippen molar-refractivity contribution in [2.24, 2.45) is 5.92 Å². The molecule has 2 nitrogen and oxygen atoms in total. The summed E-state index contributed by atoms with van der Waals surface area (Å²) < 4.78 is 5.62. The summed E-state index contributed by atoms with van der Waals surface area (Å²) in [4.78, 5) is 0. The van der Waals surface area contributed by atoms with Crippen LogP contribution in [0, 0.1) is 5.92 Å². The van der Waals surface area contributed by atoms with Crippen LogP contribution >= 0.6 is 11.8 Å². The van der Waals surface area contributed by atoms with Crippen LogP contribution in [0.15, 0.2) is 0 Å². The van der Waals surface area contributed by atoms with E-state index in [4.69, 9.17) is 4.74 Å². The first-order chi connectivity index (χ1) is 8.19. The molecule has 1 fully saturated rings. The van der Waals surface area contributed by atoms with Crippen molar-refractivity contribution < 1.29 is 4.74 Å². The summed E-state index contributed by atoms with van der Waals surface area (Å²) in [5, 5.41) is 4.41. The molecule has 0 bridgehead atoms. The van der Waals surface area contributed by atoms with Crippen molar-refractivity contribution in [3.05, 3.63) is 0 Å². The number of thioether (sulfide) groups is 1. The fourth-order valence-electron chi connectivity index (χ4n) is 2.20. The highest BCUT2D eigenvalue weighted by molar-refractivity contribution is 8.00. The Labute approximate surface area is 111 Å². The molecule has 0 saturated carbocycles. The van der Waals surface area contributed by atoms with Gasteiger partial charge in [-0.25, -0.2) is 0 Å². The van der Waals surface area contributed by atoms with E-state index in [1.165, 1.54) is 25.0 Å². The van der Waals surface area contributed by atoms with Gasteiger partial charge in [-0.3, -0.25) is 0 Å². The average molecular weight is 259 g/mol. The van der Waals surface area contributed by atoms with Crippen LogP contribution < -0.4 is 5.32 Å². The van der Waals surface area contributed by atoms with Gasteiger partial charge in [0.15, 0.2) is 0 Å². The molecule has 102 valence electrons. The predicted molar refractivity (Wildman–Crippen MR) is 77.8 cm³/mol. The summed E-state index contributed by atoms with van der Waals surface area (Å²) in [6.07, 6.45) is 4.16. The first kappa shape index (κ1) is 15.3. The van der Waals surface area contributed by atoms with Crippen molar-refractivity contribution in [3.8, 4) is 0 Å². The second-order valence-corrected chi connectivity index (χ2v) is 6.45. The summed E-state index contributed by atoms with van der Waals surface area (Å²) >= 11 is 2.11. The van der Waals surface area contributed by atoms with Gasteiger partial charge < -0.3 is 10.1 Å². The Morgan fingerprint density at radius 3 is 2.71 bits per heavy atom. The summed E-state index contributed by atoms with van der Waals surface area (Å²) in [6, 6.07) is 0.665. The highest BCUT2D eigenvalue weighted by atomic mass is 32.2. The molecule has 0 aromatic rings. The van der Waals surface area contributed by atoms with Crippen molar-refractivity contribution in [3.63, 3.8) is 0 Å². The molecule has 1 heterocycles. The largest absolute Gasteiger partial charge is 0.377 e. The zero-order valence-electron chi connectivity index (χ0n) is 11.9. The minimum Gasteiger partial charge on any atom is -0.377 e. The van der Waals surface area contributed by atoms with E-state index in [9.17, 15) is 0 Å². The molecular weight excluding hydrogens is 230 g/mol. The molecule has 1 rings (SSSR count). The van der Waals surface area contributed by atoms with Gasteiger partial charge in [0.2, 0.25) is 0 Å². The third-order valence-electron chi connectivity index (χ3n) is 3.78. The molecule has 4 atom stereocenters. The van der Waals surface area contributed by atoms with E-state index in [0.717, 1.165) is 19.1 Å². The number of rotatable bonds is 8. The number of hydrogen-bond acceptors (Lipinski definition) is 3. The molecule has 1 aliphatic heterocycles. The maximum Gasteiger partial charge on any atom is 0.0666 e. The van der Waals surface area contributed by atoms with Crippen molar-refractivity contribution >= 4 is 11.8 Å². The Kier molecular flexibility index (Phi) is 7.56. The average Bonchev–Trinajstić information content (AvgIpc) is 2.74. The molecule has 1 N–H and O–H groups in total. The van der Waals surface area contributed by atoms with Crippen LogP contribution in [0.4, 0.5) is 0 Å². The van der Waals surface area contributed by atoms with Gasteiger partial charge in [-0.1, -0.05) is 27.2 Å². The predicted octanol–water partition coefficient (Wildman–Crippen LogP) is 3.31. The van der Waals surface area contributed by atoms with Gasteiger partial charge in [0, 0.05) is 23.7 Å². The second kappa shape index (κ2) is 8.39. The Morgan fingerprint density at radius 1 is 1.41 bits per heavy atom. The Bertz CT molecular complexity index is 201. The van der Waals surface area contributed by atoms with Crippen molar-refractivity contribution in [2.75, 3.05) is 18.9 Å². The molecule has 1 saturated heterocycles. The second-order valence-electron chi connectivity index (χ2n) is 5.18. The highest BCUT2D eigenvalue weighted by Gasteiger charge is 2.26. The molecule has 0 spiro atoms. The van der Waals surface area contributed by atoms with E-state index >= 15 is 0 Å². The number of nitrogens with one attached hydrogen (secondary N) is 1. The molecule has 17 heavy (non-hydrogen) atoms. The van der Waals surface area contributed by atoms with E-state index < -0.39 is 0 Å². The van der Waals surface area contributed by atoms with E-state index in [1.807, 2.05) is 0 Å². The van der Waals surface area contributed by atoms with Gasteiger partial charge in [0.25, 0.3) is 0 Å². The van der Waals surface area contributed by atoms with Crippen LogP contribution in [0.25, 0.3) is 0 Å². The van der Waals surface area contributed by atoms with Gasteiger partial charge >= 0.3 is 0 Å². The van der Waals surface area contributed by atoms with Crippen LogP contribution in [-0.2, 0) is 4.74 Å². The van der Waals surface area contributed by atoms with E-state index in [1.54, 1.807) is 0 Å². The van der Waals surface area contributed by atoms with Gasteiger partial charge in [-0.15, -0.1) is 0 Å². The summed E-state index contributed by atoms with van der Waals surface area (Å²) in [5.41, 5.74) is 0. The zero-order chi connectivity index (χ0) is 12.7. The number of ether oxygens (including phenoxy) is 1. The molecule has 0 radical (unpaired) electrons. The van der Waals surface area contributed by atoms with E-state index in [-0.39, 0.29) is 0 Å². The lowest BCUT2D eigenvalue weighted by Gasteiger charge is -2.26. The highest BCUT2D eigenvalue weighted by Crippen LogP contribution is 2.28. The summed E-state index contributed by atoms with van der Waals surface area (Å²) in [5.74, 6) is 2.00. The molecule has 4 unspecified atom stereocenters. The first-order valence-electron chi connectivity index (χ1n) is 7.15. The quantitative estimate of drug-likeness (QED) is 0.722. The van der Waals surface area contributed by atoms with Crippen LogP contribution in [0.5, 0.6) is 0 Å². The Balaban J connectivity index is 2.31. The third-order valence-corrected chi connectivity index (χ3v) is 5.38. The maximum absolute atomic E-state index is 5.62. The topological polar surface area (TPSA) is 21.3 Å². The molecule has 0 aromatic carbocycles. The zero-order valence-corrected chi connectivity index (χ0v) is 12.7. The monoisotopic (exact) mass is 259 g/mol. The van der Waals surface area contributed by atoms with Crippen molar-refractivity contribution in [1.29, 1.82) is 0 Å².